The maximum atomic E-state index is 5.64. The van der Waals surface area contributed by atoms with Crippen molar-refractivity contribution in [1.82, 2.24) is 9.97 Å². The van der Waals surface area contributed by atoms with E-state index in [4.69, 9.17) is 9.47 Å². The number of aromatic nitrogens is 2. The Hall–Kier alpha value is -1.62. The molecule has 100 valence electrons. The third kappa shape index (κ3) is 3.92. The van der Waals surface area contributed by atoms with Gasteiger partial charge in [-0.2, -0.15) is 0 Å². The molecule has 0 fully saturated rings. The van der Waals surface area contributed by atoms with Crippen LogP contribution >= 0.6 is 15.9 Å². The SMILES string of the molecule is CCCOc1ccccc1Oc1ncc(CBr)cn1. The highest BCUT2D eigenvalue weighted by Crippen LogP contribution is 2.29. The van der Waals surface area contributed by atoms with Gasteiger partial charge in [0.15, 0.2) is 11.5 Å². The summed E-state index contributed by atoms with van der Waals surface area (Å²) in [6.07, 6.45) is 4.41. The van der Waals surface area contributed by atoms with Crippen LogP contribution in [0.3, 0.4) is 0 Å². The Kier molecular flexibility index (Phi) is 5.15. The molecule has 0 atom stereocenters. The molecule has 0 N–H and O–H groups in total. The van der Waals surface area contributed by atoms with Crippen molar-refractivity contribution in [1.29, 1.82) is 0 Å². The monoisotopic (exact) mass is 322 g/mol. The highest BCUT2D eigenvalue weighted by atomic mass is 79.9. The zero-order valence-corrected chi connectivity index (χ0v) is 12.3. The summed E-state index contributed by atoms with van der Waals surface area (Å²) in [6, 6.07) is 7.83. The zero-order valence-electron chi connectivity index (χ0n) is 10.7. The van der Waals surface area contributed by atoms with Gasteiger partial charge in [-0.3, -0.25) is 0 Å². The number of rotatable bonds is 6. The van der Waals surface area contributed by atoms with Crippen LogP contribution in [0.1, 0.15) is 18.9 Å². The first-order chi connectivity index (χ1) is 9.33. The lowest BCUT2D eigenvalue weighted by Crippen LogP contribution is -1.98. The van der Waals surface area contributed by atoms with Crippen LogP contribution in [0.25, 0.3) is 0 Å². The Morgan fingerprint density at radius 3 is 2.42 bits per heavy atom. The Morgan fingerprint density at radius 1 is 1.11 bits per heavy atom. The van der Waals surface area contributed by atoms with E-state index in [9.17, 15) is 0 Å². The Bertz CT molecular complexity index is 517. The summed E-state index contributed by atoms with van der Waals surface area (Å²) in [6.45, 7) is 2.72. The van der Waals surface area contributed by atoms with Gasteiger partial charge in [-0.05, 0) is 24.1 Å². The molecule has 1 heterocycles. The van der Waals surface area contributed by atoms with Gasteiger partial charge < -0.3 is 9.47 Å². The molecular weight excluding hydrogens is 308 g/mol. The summed E-state index contributed by atoms with van der Waals surface area (Å²) >= 11 is 3.35. The van der Waals surface area contributed by atoms with Crippen LogP contribution < -0.4 is 9.47 Å². The number of hydrogen-bond acceptors (Lipinski definition) is 4. The summed E-state index contributed by atoms with van der Waals surface area (Å²) < 4.78 is 11.3. The second kappa shape index (κ2) is 7.09. The van der Waals surface area contributed by atoms with Gasteiger partial charge in [-0.1, -0.05) is 35.0 Å². The van der Waals surface area contributed by atoms with Crippen LogP contribution in [0.2, 0.25) is 0 Å². The van der Waals surface area contributed by atoms with Gasteiger partial charge in [0.2, 0.25) is 0 Å². The quantitative estimate of drug-likeness (QED) is 0.755. The topological polar surface area (TPSA) is 44.2 Å². The molecule has 0 radical (unpaired) electrons. The van der Waals surface area contributed by atoms with E-state index >= 15 is 0 Å². The number of nitrogens with zero attached hydrogens (tertiary/aromatic N) is 2. The third-order valence-electron chi connectivity index (χ3n) is 2.35. The lowest BCUT2D eigenvalue weighted by Gasteiger charge is -2.10. The Labute approximate surface area is 120 Å². The van der Waals surface area contributed by atoms with Crippen LogP contribution in [0.15, 0.2) is 36.7 Å². The second-order valence-electron chi connectivity index (χ2n) is 3.90. The van der Waals surface area contributed by atoms with E-state index in [0.717, 1.165) is 17.3 Å². The van der Waals surface area contributed by atoms with Crippen molar-refractivity contribution in [3.05, 3.63) is 42.2 Å². The first kappa shape index (κ1) is 13.8. The predicted octanol–water partition coefficient (Wildman–Crippen LogP) is 3.95. The molecular formula is C14H15BrN2O2. The molecule has 0 bridgehead atoms. The fourth-order valence-corrected chi connectivity index (χ4v) is 1.72. The minimum atomic E-state index is 0.317. The third-order valence-corrected chi connectivity index (χ3v) is 3.00. The van der Waals surface area contributed by atoms with Gasteiger partial charge in [0.25, 0.3) is 0 Å². The first-order valence-corrected chi connectivity index (χ1v) is 7.22. The summed E-state index contributed by atoms with van der Waals surface area (Å²) in [5.41, 5.74) is 1.00. The number of benzene rings is 1. The van der Waals surface area contributed by atoms with Crippen molar-refractivity contribution in [3.63, 3.8) is 0 Å². The number of para-hydroxylation sites is 2. The molecule has 0 unspecified atom stereocenters. The van der Waals surface area contributed by atoms with Gasteiger partial charge in [0.1, 0.15) is 0 Å². The fraction of sp³-hybridized carbons (Fsp3) is 0.286. The van der Waals surface area contributed by atoms with Gasteiger partial charge >= 0.3 is 6.01 Å². The van der Waals surface area contributed by atoms with Crippen molar-refractivity contribution >= 4 is 15.9 Å². The number of alkyl halides is 1. The lowest BCUT2D eigenvalue weighted by molar-refractivity contribution is 0.299. The molecule has 4 nitrogen and oxygen atoms in total. The van der Waals surface area contributed by atoms with E-state index < -0.39 is 0 Å². The molecule has 0 aliphatic heterocycles. The van der Waals surface area contributed by atoms with Crippen LogP contribution in [0, 0.1) is 0 Å². The van der Waals surface area contributed by atoms with Crippen LogP contribution in [0.5, 0.6) is 17.5 Å². The summed E-state index contributed by atoms with van der Waals surface area (Å²) in [5.74, 6) is 1.33. The molecule has 0 saturated carbocycles. The Balaban J connectivity index is 2.12. The largest absolute Gasteiger partial charge is 0.490 e. The molecule has 2 aromatic rings. The highest BCUT2D eigenvalue weighted by Gasteiger charge is 2.07. The number of halogens is 1. The van der Waals surface area contributed by atoms with Gasteiger partial charge in [-0.15, -0.1) is 0 Å². The van der Waals surface area contributed by atoms with Gasteiger partial charge in [0, 0.05) is 17.7 Å². The molecule has 2 rings (SSSR count). The van der Waals surface area contributed by atoms with Crippen LogP contribution in [-0.2, 0) is 5.33 Å². The molecule has 0 aliphatic rings. The molecule has 1 aromatic heterocycles. The van der Waals surface area contributed by atoms with E-state index in [-0.39, 0.29) is 0 Å². The first-order valence-electron chi connectivity index (χ1n) is 6.10. The normalized spacial score (nSPS) is 10.2. The standard InChI is InChI=1S/C14H15BrN2O2/c1-2-7-18-12-5-3-4-6-13(12)19-14-16-9-11(8-15)10-17-14/h3-6,9-10H,2,7-8H2,1H3. The van der Waals surface area contributed by atoms with E-state index in [1.54, 1.807) is 12.4 Å². The van der Waals surface area contributed by atoms with Crippen molar-refractivity contribution in [3.8, 4) is 17.5 Å². The number of hydrogen-bond donors (Lipinski definition) is 0. The minimum absolute atomic E-state index is 0.317. The molecule has 0 aliphatic carbocycles. The predicted molar refractivity (Wildman–Crippen MR) is 77.0 cm³/mol. The van der Waals surface area contributed by atoms with Crippen molar-refractivity contribution in [2.45, 2.75) is 18.7 Å². The summed E-state index contributed by atoms with van der Waals surface area (Å²) in [7, 11) is 0. The molecule has 5 heteroatoms. The average Bonchev–Trinajstić information content (AvgIpc) is 2.47. The second-order valence-corrected chi connectivity index (χ2v) is 4.47. The molecule has 19 heavy (non-hydrogen) atoms. The highest BCUT2D eigenvalue weighted by molar-refractivity contribution is 9.08. The van der Waals surface area contributed by atoms with E-state index in [1.807, 2.05) is 24.3 Å². The molecule has 0 amide bonds. The lowest BCUT2D eigenvalue weighted by atomic mass is 10.3. The van der Waals surface area contributed by atoms with E-state index in [1.165, 1.54) is 0 Å². The fourth-order valence-electron chi connectivity index (χ4n) is 1.43. The van der Waals surface area contributed by atoms with E-state index in [0.29, 0.717) is 24.1 Å². The van der Waals surface area contributed by atoms with E-state index in [2.05, 4.69) is 32.8 Å². The maximum Gasteiger partial charge on any atom is 0.322 e. The van der Waals surface area contributed by atoms with Crippen molar-refractivity contribution in [2.24, 2.45) is 0 Å². The van der Waals surface area contributed by atoms with Crippen LogP contribution in [0.4, 0.5) is 0 Å². The summed E-state index contributed by atoms with van der Waals surface area (Å²) in [5, 5.41) is 0.726. The molecule has 1 aromatic carbocycles. The van der Waals surface area contributed by atoms with Crippen molar-refractivity contribution in [2.75, 3.05) is 6.61 Å². The zero-order chi connectivity index (χ0) is 13.5. The maximum absolute atomic E-state index is 5.64. The number of ether oxygens (including phenoxy) is 2. The van der Waals surface area contributed by atoms with Crippen molar-refractivity contribution < 1.29 is 9.47 Å². The molecule has 0 spiro atoms. The minimum Gasteiger partial charge on any atom is -0.490 e. The van der Waals surface area contributed by atoms with Crippen LogP contribution in [-0.4, -0.2) is 16.6 Å². The smallest absolute Gasteiger partial charge is 0.322 e. The summed E-state index contributed by atoms with van der Waals surface area (Å²) in [4.78, 5) is 8.29. The Morgan fingerprint density at radius 2 is 1.79 bits per heavy atom. The van der Waals surface area contributed by atoms with Gasteiger partial charge in [0.05, 0.1) is 6.61 Å². The molecule has 0 saturated heterocycles. The van der Waals surface area contributed by atoms with Gasteiger partial charge in [-0.25, -0.2) is 9.97 Å². The average molecular weight is 323 g/mol.